The van der Waals surface area contributed by atoms with Gasteiger partial charge in [-0.2, -0.15) is 4.31 Å². The van der Waals surface area contributed by atoms with Crippen LogP contribution >= 0.6 is 11.8 Å². The predicted octanol–water partition coefficient (Wildman–Crippen LogP) is 0.399. The Kier molecular flexibility index (Phi) is 6.78. The molecule has 22 heavy (non-hydrogen) atoms. The molecule has 1 aromatic heterocycles. The molecule has 0 fully saturated rings. The molecule has 3 N–H and O–H groups in total. The van der Waals surface area contributed by atoms with Gasteiger partial charge in [-0.15, -0.1) is 0 Å². The maximum atomic E-state index is 12.3. The molecule has 1 aromatic rings. The maximum absolute atomic E-state index is 12.3. The van der Waals surface area contributed by atoms with Crippen molar-refractivity contribution in [2.24, 2.45) is 5.73 Å². The van der Waals surface area contributed by atoms with Gasteiger partial charge in [-0.3, -0.25) is 10.1 Å². The highest BCUT2D eigenvalue weighted by Gasteiger charge is 2.21. The fourth-order valence-corrected chi connectivity index (χ4v) is 3.68. The molecule has 10 heteroatoms. The number of imide groups is 1. The fourth-order valence-electron chi connectivity index (χ4n) is 1.63. The summed E-state index contributed by atoms with van der Waals surface area (Å²) >= 11 is 1.07. The van der Waals surface area contributed by atoms with Crippen molar-refractivity contribution in [1.29, 1.82) is 0 Å². The Labute approximate surface area is 133 Å². The molecule has 0 bridgehead atoms. The second-order valence-electron chi connectivity index (χ2n) is 4.12. The summed E-state index contributed by atoms with van der Waals surface area (Å²) in [6, 6.07) is 2.03. The summed E-state index contributed by atoms with van der Waals surface area (Å²) in [5.41, 5.74) is 4.82. The van der Waals surface area contributed by atoms with Crippen molar-refractivity contribution < 1.29 is 18.0 Å². The Balaban J connectivity index is 2.75. The number of carbonyl (C=O) groups excluding carboxylic acids is 2. The summed E-state index contributed by atoms with van der Waals surface area (Å²) in [5.74, 6) is -0.586. The van der Waals surface area contributed by atoms with E-state index in [9.17, 15) is 18.0 Å². The number of nitrogens with zero attached hydrogens (tertiary/aromatic N) is 2. The van der Waals surface area contributed by atoms with Crippen LogP contribution in [0.2, 0.25) is 0 Å². The number of sulfonamides is 1. The molecule has 0 saturated heterocycles. The summed E-state index contributed by atoms with van der Waals surface area (Å²) in [7, 11) is -3.54. The van der Waals surface area contributed by atoms with Crippen molar-refractivity contribution in [3.05, 3.63) is 18.3 Å². The van der Waals surface area contributed by atoms with Gasteiger partial charge in [-0.1, -0.05) is 25.6 Å². The molecule has 0 atom stereocenters. The number of primary amides is 1. The number of hydrogen-bond acceptors (Lipinski definition) is 6. The van der Waals surface area contributed by atoms with E-state index >= 15 is 0 Å². The van der Waals surface area contributed by atoms with Crippen LogP contribution in [0.25, 0.3) is 0 Å². The quantitative estimate of drug-likeness (QED) is 0.689. The van der Waals surface area contributed by atoms with Gasteiger partial charge in [-0.25, -0.2) is 18.2 Å². The number of aromatic nitrogens is 1. The van der Waals surface area contributed by atoms with E-state index in [0.29, 0.717) is 18.1 Å². The highest BCUT2D eigenvalue weighted by atomic mass is 32.2. The number of amides is 3. The Bertz CT molecular complexity index is 627. The first-order chi connectivity index (χ1) is 10.3. The van der Waals surface area contributed by atoms with Gasteiger partial charge in [0.1, 0.15) is 4.90 Å². The number of carbonyl (C=O) groups is 2. The van der Waals surface area contributed by atoms with Crippen LogP contribution in [-0.2, 0) is 14.8 Å². The molecule has 122 valence electrons. The minimum atomic E-state index is -3.54. The highest BCUT2D eigenvalue weighted by Crippen LogP contribution is 2.19. The summed E-state index contributed by atoms with van der Waals surface area (Å²) in [4.78, 5) is 25.9. The number of urea groups is 1. The number of nitrogens with one attached hydrogen (secondary N) is 1. The molecule has 3 amide bonds. The van der Waals surface area contributed by atoms with Crippen LogP contribution in [0.1, 0.15) is 13.8 Å². The zero-order valence-corrected chi connectivity index (χ0v) is 13.9. The third-order valence-electron chi connectivity index (χ3n) is 2.67. The minimum absolute atomic E-state index is 0.0436. The molecular formula is C12H18N4O4S2. The number of thioether (sulfide) groups is 1. The first kappa shape index (κ1) is 18.4. The molecule has 0 aliphatic carbocycles. The van der Waals surface area contributed by atoms with Crippen LogP contribution < -0.4 is 11.1 Å². The average molecular weight is 346 g/mol. The predicted molar refractivity (Wildman–Crippen MR) is 82.8 cm³/mol. The average Bonchev–Trinajstić information content (AvgIpc) is 2.46. The van der Waals surface area contributed by atoms with E-state index in [0.717, 1.165) is 11.8 Å². The molecule has 1 heterocycles. The van der Waals surface area contributed by atoms with Crippen LogP contribution in [0.5, 0.6) is 0 Å². The van der Waals surface area contributed by atoms with Crippen molar-refractivity contribution in [2.75, 3.05) is 18.8 Å². The van der Waals surface area contributed by atoms with Crippen molar-refractivity contribution in [1.82, 2.24) is 14.6 Å². The van der Waals surface area contributed by atoms with Crippen LogP contribution in [0.4, 0.5) is 4.79 Å². The lowest BCUT2D eigenvalue weighted by atomic mass is 10.5. The first-order valence-electron chi connectivity index (χ1n) is 6.49. The van der Waals surface area contributed by atoms with Gasteiger partial charge >= 0.3 is 6.03 Å². The monoisotopic (exact) mass is 346 g/mol. The molecule has 0 radical (unpaired) electrons. The zero-order chi connectivity index (χ0) is 16.8. The van der Waals surface area contributed by atoms with Gasteiger partial charge in [0.25, 0.3) is 0 Å². The van der Waals surface area contributed by atoms with E-state index in [4.69, 9.17) is 5.73 Å². The SMILES string of the molecule is CCN(CC)S(=O)(=O)c1ccc(SCC(=O)NC(N)=O)nc1. The number of hydrogen-bond donors (Lipinski definition) is 2. The van der Waals surface area contributed by atoms with Gasteiger partial charge < -0.3 is 5.73 Å². The molecular weight excluding hydrogens is 328 g/mol. The molecule has 0 aliphatic rings. The van der Waals surface area contributed by atoms with Crippen molar-refractivity contribution in [2.45, 2.75) is 23.8 Å². The molecule has 0 spiro atoms. The zero-order valence-electron chi connectivity index (χ0n) is 12.3. The standard InChI is InChI=1S/C12H18N4O4S2/c1-3-16(4-2)22(19,20)9-5-6-11(14-7-9)21-8-10(17)15-12(13)18/h5-7H,3-4,8H2,1-2H3,(H3,13,15,17,18). The number of nitrogens with two attached hydrogens (primary N) is 1. The smallest absolute Gasteiger partial charge is 0.318 e. The van der Waals surface area contributed by atoms with E-state index in [2.05, 4.69) is 4.98 Å². The summed E-state index contributed by atoms with van der Waals surface area (Å²) in [5, 5.41) is 2.40. The molecule has 0 aliphatic heterocycles. The lowest BCUT2D eigenvalue weighted by molar-refractivity contribution is -0.117. The van der Waals surface area contributed by atoms with Gasteiger partial charge in [0.2, 0.25) is 15.9 Å². The number of pyridine rings is 1. The summed E-state index contributed by atoms with van der Waals surface area (Å²) in [6.07, 6.45) is 1.25. The minimum Gasteiger partial charge on any atom is -0.351 e. The fraction of sp³-hybridized carbons (Fsp3) is 0.417. The Morgan fingerprint density at radius 2 is 1.95 bits per heavy atom. The third-order valence-corrected chi connectivity index (χ3v) is 5.64. The van der Waals surface area contributed by atoms with E-state index in [-0.39, 0.29) is 10.6 Å². The lowest BCUT2D eigenvalue weighted by Crippen LogP contribution is -2.36. The van der Waals surface area contributed by atoms with Crippen molar-refractivity contribution in [3.63, 3.8) is 0 Å². The second-order valence-corrected chi connectivity index (χ2v) is 7.06. The molecule has 0 aromatic carbocycles. The van der Waals surface area contributed by atoms with Gasteiger partial charge in [0.05, 0.1) is 10.8 Å². The van der Waals surface area contributed by atoms with Gasteiger partial charge in [0, 0.05) is 19.3 Å². The first-order valence-corrected chi connectivity index (χ1v) is 8.92. The van der Waals surface area contributed by atoms with E-state index in [1.165, 1.54) is 22.6 Å². The molecule has 1 rings (SSSR count). The Morgan fingerprint density at radius 3 is 2.41 bits per heavy atom. The van der Waals surface area contributed by atoms with Crippen molar-refractivity contribution in [3.8, 4) is 0 Å². The highest BCUT2D eigenvalue weighted by molar-refractivity contribution is 7.99. The van der Waals surface area contributed by atoms with Crippen LogP contribution in [-0.4, -0.2) is 48.5 Å². The Hall–Kier alpha value is -1.65. The maximum Gasteiger partial charge on any atom is 0.318 e. The van der Waals surface area contributed by atoms with Gasteiger partial charge in [-0.05, 0) is 12.1 Å². The topological polar surface area (TPSA) is 122 Å². The third kappa shape index (κ3) is 4.97. The van der Waals surface area contributed by atoms with E-state index in [1.807, 2.05) is 5.32 Å². The largest absolute Gasteiger partial charge is 0.351 e. The van der Waals surface area contributed by atoms with Gasteiger partial charge in [0.15, 0.2) is 0 Å². The van der Waals surface area contributed by atoms with Crippen LogP contribution in [0.3, 0.4) is 0 Å². The molecule has 0 saturated carbocycles. The molecule has 0 unspecified atom stereocenters. The van der Waals surface area contributed by atoms with Crippen LogP contribution in [0.15, 0.2) is 28.3 Å². The second kappa shape index (κ2) is 8.11. The molecule has 8 nitrogen and oxygen atoms in total. The normalized spacial score (nSPS) is 11.4. The summed E-state index contributed by atoms with van der Waals surface area (Å²) < 4.78 is 25.8. The number of rotatable bonds is 7. The van der Waals surface area contributed by atoms with E-state index in [1.54, 1.807) is 13.8 Å². The summed E-state index contributed by atoms with van der Waals surface area (Å²) in [6.45, 7) is 4.28. The van der Waals surface area contributed by atoms with E-state index < -0.39 is 22.0 Å². The lowest BCUT2D eigenvalue weighted by Gasteiger charge is -2.18. The van der Waals surface area contributed by atoms with Crippen molar-refractivity contribution >= 4 is 33.7 Å². The van der Waals surface area contributed by atoms with Crippen LogP contribution in [0, 0.1) is 0 Å². The Morgan fingerprint density at radius 1 is 1.32 bits per heavy atom.